The number of likely N-dealkylation sites (N-methyl/N-ethyl adjacent to an activating group) is 1. The van der Waals surface area contributed by atoms with Gasteiger partial charge in [0.2, 0.25) is 11.6 Å². The molecule has 0 radical (unpaired) electrons. The normalized spacial score (nSPS) is 29.6. The van der Waals surface area contributed by atoms with Crippen LogP contribution in [0.5, 0.6) is 0 Å². The van der Waals surface area contributed by atoms with E-state index < -0.39 is 47.8 Å². The minimum atomic E-state index is -0.972. The number of likely N-dealkylation sites (tertiary alicyclic amines) is 1. The summed E-state index contributed by atoms with van der Waals surface area (Å²) < 4.78 is 11.4. The van der Waals surface area contributed by atoms with Crippen LogP contribution >= 0.6 is 0 Å². The highest BCUT2D eigenvalue weighted by atomic mass is 16.6. The van der Waals surface area contributed by atoms with Gasteiger partial charge < -0.3 is 34.4 Å². The molecule has 11 nitrogen and oxygen atoms in total. The average molecular weight is 640 g/mol. The van der Waals surface area contributed by atoms with E-state index in [1.807, 2.05) is 63.4 Å². The van der Waals surface area contributed by atoms with Crippen molar-refractivity contribution in [2.45, 2.75) is 71.4 Å². The third-order valence-corrected chi connectivity index (χ3v) is 9.24. The van der Waals surface area contributed by atoms with Crippen molar-refractivity contribution in [3.05, 3.63) is 53.1 Å². The number of carbonyl (C=O) groups excluding carboxylic acids is 4. The van der Waals surface area contributed by atoms with Crippen molar-refractivity contribution in [2.24, 2.45) is 17.8 Å². The average Bonchev–Trinajstić information content (AvgIpc) is 3.46. The van der Waals surface area contributed by atoms with Crippen LogP contribution in [0.15, 0.2) is 42.0 Å². The molecule has 2 fully saturated rings. The second kappa shape index (κ2) is 16.3. The van der Waals surface area contributed by atoms with E-state index in [9.17, 15) is 29.4 Å². The summed E-state index contributed by atoms with van der Waals surface area (Å²) in [5.41, 5.74) is 2.20. The number of nitrogens with zero attached hydrogens (tertiary/aromatic N) is 3. The highest BCUT2D eigenvalue weighted by molar-refractivity contribution is 6.38. The number of amides is 2. The Morgan fingerprint density at radius 3 is 2.37 bits per heavy atom. The van der Waals surface area contributed by atoms with Crippen LogP contribution in [0, 0.1) is 17.8 Å². The molecule has 2 saturated heterocycles. The van der Waals surface area contributed by atoms with Gasteiger partial charge >= 0.3 is 12.2 Å². The first-order valence-electron chi connectivity index (χ1n) is 16.4. The van der Waals surface area contributed by atoms with Crippen molar-refractivity contribution in [1.82, 2.24) is 14.7 Å². The largest absolute Gasteiger partial charge is 0.445 e. The molecule has 0 spiro atoms. The lowest BCUT2D eigenvalue weighted by atomic mass is 9.79. The third kappa shape index (κ3) is 9.73. The molecule has 252 valence electrons. The molecule has 4 rings (SSSR count). The number of ether oxygens (including phenoxy) is 2. The number of Topliss-reactive ketones (excluding diaryl/α,β-unsaturated/α-hetero) is 2. The Hall–Kier alpha value is -3.54. The number of rotatable bonds is 5. The molecule has 0 bridgehead atoms. The number of ketones is 2. The van der Waals surface area contributed by atoms with E-state index in [-0.39, 0.29) is 31.6 Å². The Labute approximate surface area is 271 Å². The van der Waals surface area contributed by atoms with Crippen LogP contribution in [0.3, 0.4) is 0 Å². The van der Waals surface area contributed by atoms with E-state index in [4.69, 9.17) is 9.47 Å². The summed E-state index contributed by atoms with van der Waals surface area (Å²) in [6, 6.07) is 7.39. The van der Waals surface area contributed by atoms with Gasteiger partial charge in [0.25, 0.3) is 0 Å². The maximum atomic E-state index is 13.6. The number of aliphatic hydroxyl groups excluding tert-OH is 2. The number of benzene rings is 1. The van der Waals surface area contributed by atoms with Crippen LogP contribution in [0.25, 0.3) is 6.08 Å². The molecule has 11 heteroatoms. The highest BCUT2D eigenvalue weighted by Crippen LogP contribution is 2.29. The van der Waals surface area contributed by atoms with Crippen molar-refractivity contribution in [1.29, 1.82) is 0 Å². The molecule has 6 atom stereocenters. The second-order valence-electron chi connectivity index (χ2n) is 13.1. The third-order valence-electron chi connectivity index (χ3n) is 9.24. The van der Waals surface area contributed by atoms with Crippen LogP contribution in [-0.2, 0) is 25.7 Å². The standard InChI is InChI=1S/C35H49N3O8/c1-23-8-10-28(39)20-30(41)33(42)32(24(2)9-11-31(23)46-35(44)37-16-14-36(4)15-17-37)25(3)18-26-6-5-7-27(19-26)22-45-34(43)38-13-12-29(40)21-38/h5-7,9,11,18-19,23-24,28-29,31-32,39-40H,8,10,12-17,20-22H2,1-4H3/b11-9+,25-18+/t23-,24-,28+,29+,31-,32-/m0/s1. The van der Waals surface area contributed by atoms with Gasteiger partial charge in [0.05, 0.1) is 18.1 Å². The summed E-state index contributed by atoms with van der Waals surface area (Å²) in [6.45, 7) is 9.12. The molecule has 1 aromatic carbocycles. The van der Waals surface area contributed by atoms with Gasteiger partial charge in [-0.05, 0) is 68.3 Å². The smallest absolute Gasteiger partial charge is 0.410 e. The summed E-state index contributed by atoms with van der Waals surface area (Å²) in [5.74, 6) is -2.47. The zero-order valence-electron chi connectivity index (χ0n) is 27.5. The van der Waals surface area contributed by atoms with Crippen LogP contribution in [0.2, 0.25) is 0 Å². The molecular formula is C35H49N3O8. The molecule has 0 saturated carbocycles. The number of β-amino-alcohol motifs (C(OH)–C–C–N with tert-alkyl or cyclic N) is 1. The van der Waals surface area contributed by atoms with Gasteiger partial charge in [-0.25, -0.2) is 9.59 Å². The first-order chi connectivity index (χ1) is 21.9. The fourth-order valence-electron chi connectivity index (χ4n) is 6.26. The minimum absolute atomic E-state index is 0.0520. The molecule has 2 heterocycles. The van der Waals surface area contributed by atoms with Crippen LogP contribution in [0.1, 0.15) is 57.6 Å². The molecule has 1 aromatic rings. The maximum Gasteiger partial charge on any atom is 0.410 e. The quantitative estimate of drug-likeness (QED) is 0.365. The predicted molar refractivity (Wildman–Crippen MR) is 173 cm³/mol. The Kier molecular flexibility index (Phi) is 12.5. The zero-order valence-corrected chi connectivity index (χ0v) is 27.5. The number of piperazine rings is 1. The zero-order chi connectivity index (χ0) is 33.4. The summed E-state index contributed by atoms with van der Waals surface area (Å²) in [4.78, 5) is 57.4. The number of hydrogen-bond acceptors (Lipinski definition) is 9. The van der Waals surface area contributed by atoms with Crippen molar-refractivity contribution in [3.63, 3.8) is 0 Å². The molecule has 0 unspecified atom stereocenters. The van der Waals surface area contributed by atoms with Crippen LogP contribution < -0.4 is 0 Å². The van der Waals surface area contributed by atoms with E-state index >= 15 is 0 Å². The molecule has 46 heavy (non-hydrogen) atoms. The fraction of sp³-hybridized carbons (Fsp3) is 0.600. The van der Waals surface area contributed by atoms with Gasteiger partial charge in [0.1, 0.15) is 12.7 Å². The number of hydrogen-bond donors (Lipinski definition) is 2. The Morgan fingerprint density at radius 2 is 1.67 bits per heavy atom. The summed E-state index contributed by atoms with van der Waals surface area (Å²) in [5, 5.41) is 20.3. The molecule has 1 aliphatic carbocycles. The lowest BCUT2D eigenvalue weighted by molar-refractivity contribution is -0.140. The molecule has 3 aliphatic rings. The molecule has 0 aromatic heterocycles. The number of carbonyl (C=O) groups is 4. The van der Waals surface area contributed by atoms with Crippen molar-refractivity contribution >= 4 is 29.8 Å². The Bertz CT molecular complexity index is 1300. The lowest BCUT2D eigenvalue weighted by Gasteiger charge is -2.33. The van der Waals surface area contributed by atoms with Crippen molar-refractivity contribution in [3.8, 4) is 0 Å². The van der Waals surface area contributed by atoms with Gasteiger partial charge in [-0.15, -0.1) is 0 Å². The lowest BCUT2D eigenvalue weighted by Crippen LogP contribution is -2.48. The second-order valence-corrected chi connectivity index (χ2v) is 13.1. The molecule has 2 aliphatic heterocycles. The van der Waals surface area contributed by atoms with E-state index in [1.54, 1.807) is 11.8 Å². The highest BCUT2D eigenvalue weighted by Gasteiger charge is 2.33. The summed E-state index contributed by atoms with van der Waals surface area (Å²) in [6.07, 6.45) is 3.72. The summed E-state index contributed by atoms with van der Waals surface area (Å²) in [7, 11) is 2.02. The van der Waals surface area contributed by atoms with Gasteiger partial charge in [0, 0.05) is 45.7 Å². The maximum absolute atomic E-state index is 13.6. The van der Waals surface area contributed by atoms with Crippen molar-refractivity contribution < 1.29 is 38.9 Å². The minimum Gasteiger partial charge on any atom is -0.445 e. The first-order valence-corrected chi connectivity index (χ1v) is 16.4. The molecule has 2 N–H and O–H groups in total. The van der Waals surface area contributed by atoms with Crippen molar-refractivity contribution in [2.75, 3.05) is 46.3 Å². The monoisotopic (exact) mass is 639 g/mol. The van der Waals surface area contributed by atoms with Gasteiger partial charge in [0.15, 0.2) is 0 Å². The predicted octanol–water partition coefficient (Wildman–Crippen LogP) is 3.67. The Morgan fingerprint density at radius 1 is 0.935 bits per heavy atom. The first kappa shape index (κ1) is 35.3. The topological polar surface area (TPSA) is 137 Å². The fourth-order valence-corrected chi connectivity index (χ4v) is 6.26. The van der Waals surface area contributed by atoms with Crippen LogP contribution in [-0.4, -0.2) is 113 Å². The summed E-state index contributed by atoms with van der Waals surface area (Å²) >= 11 is 0. The van der Waals surface area contributed by atoms with E-state index in [1.165, 1.54) is 4.90 Å². The van der Waals surface area contributed by atoms with Crippen LogP contribution in [0.4, 0.5) is 9.59 Å². The van der Waals surface area contributed by atoms with Gasteiger partial charge in [-0.2, -0.15) is 0 Å². The van der Waals surface area contributed by atoms with E-state index in [2.05, 4.69) is 4.90 Å². The van der Waals surface area contributed by atoms with Gasteiger partial charge in [-0.3, -0.25) is 9.59 Å². The number of aliphatic hydroxyl groups is 2. The number of allylic oxidation sites excluding steroid dienone is 2. The molecule has 2 amide bonds. The molecular weight excluding hydrogens is 590 g/mol. The Balaban J connectivity index is 1.52. The SMILES string of the molecule is C/C(=C\c1cccc(COC(=O)N2CC[C@@H](O)C2)c1)[C@H]1C(=O)C(=O)C[C@H](O)CC[C@H](C)[C@@H](OC(=O)N2CCN(C)CC2)/C=C/[C@@H]1C. The van der Waals surface area contributed by atoms with Gasteiger partial charge in [-0.1, -0.05) is 49.8 Å². The van der Waals surface area contributed by atoms with E-state index in [0.717, 1.165) is 24.2 Å². The van der Waals surface area contributed by atoms with E-state index in [0.29, 0.717) is 44.5 Å².